The van der Waals surface area contributed by atoms with Crippen molar-refractivity contribution in [1.29, 1.82) is 0 Å². The topological polar surface area (TPSA) is 51.3 Å². The predicted molar refractivity (Wildman–Crippen MR) is 79.8 cm³/mol. The maximum absolute atomic E-state index is 12.3. The molecule has 0 fully saturated rings. The molecule has 0 aliphatic carbocycles. The summed E-state index contributed by atoms with van der Waals surface area (Å²) in [5, 5.41) is 0. The molecule has 0 spiro atoms. The lowest BCUT2D eigenvalue weighted by molar-refractivity contribution is 0.0775. The van der Waals surface area contributed by atoms with Gasteiger partial charge in [0.25, 0.3) is 5.91 Å². The number of rotatable bonds is 3. The zero-order valence-corrected chi connectivity index (χ0v) is 12.5. The molecule has 100 valence electrons. The van der Waals surface area contributed by atoms with E-state index in [-0.39, 0.29) is 5.91 Å². The average Bonchev–Trinajstić information content (AvgIpc) is 2.70. The van der Waals surface area contributed by atoms with E-state index >= 15 is 0 Å². The van der Waals surface area contributed by atoms with Crippen LogP contribution in [-0.4, -0.2) is 22.4 Å². The number of nitrogens with zero attached hydrogens (tertiary/aromatic N) is 2. The van der Waals surface area contributed by atoms with Gasteiger partial charge >= 0.3 is 0 Å². The van der Waals surface area contributed by atoms with Crippen LogP contribution in [0.4, 0.5) is 5.69 Å². The number of aryl methyl sites for hydroxylation is 1. The first-order valence-electron chi connectivity index (χ1n) is 5.89. The second-order valence-electron chi connectivity index (χ2n) is 4.56. The van der Waals surface area contributed by atoms with Gasteiger partial charge in [0.05, 0.1) is 5.69 Å². The van der Waals surface area contributed by atoms with Crippen LogP contribution in [-0.2, 0) is 13.6 Å². The number of nitrogens with two attached hydrogens (primary N) is 1. The average molecular weight is 322 g/mol. The summed E-state index contributed by atoms with van der Waals surface area (Å²) in [4.78, 5) is 14.0. The Morgan fingerprint density at radius 3 is 2.53 bits per heavy atom. The second kappa shape index (κ2) is 5.48. The van der Waals surface area contributed by atoms with E-state index in [9.17, 15) is 4.79 Å². The van der Waals surface area contributed by atoms with Crippen LogP contribution in [0.2, 0.25) is 0 Å². The molecule has 1 aromatic carbocycles. The fraction of sp³-hybridized carbons (Fsp3) is 0.214. The number of hydrogen-bond donors (Lipinski definition) is 1. The first-order chi connectivity index (χ1) is 8.97. The lowest BCUT2D eigenvalue weighted by Gasteiger charge is -2.17. The third kappa shape index (κ3) is 3.17. The third-order valence-electron chi connectivity index (χ3n) is 2.92. The van der Waals surface area contributed by atoms with Crippen molar-refractivity contribution in [3.63, 3.8) is 0 Å². The number of amides is 1. The zero-order valence-electron chi connectivity index (χ0n) is 10.9. The molecule has 2 rings (SSSR count). The fourth-order valence-electron chi connectivity index (χ4n) is 1.93. The zero-order chi connectivity index (χ0) is 14.0. The van der Waals surface area contributed by atoms with Crippen molar-refractivity contribution in [2.45, 2.75) is 6.54 Å². The van der Waals surface area contributed by atoms with Crippen molar-refractivity contribution in [1.82, 2.24) is 9.47 Å². The van der Waals surface area contributed by atoms with Crippen LogP contribution in [0, 0.1) is 0 Å². The Bertz CT molecular complexity index is 589. The van der Waals surface area contributed by atoms with E-state index in [1.54, 1.807) is 28.8 Å². The van der Waals surface area contributed by atoms with Crippen LogP contribution in [0.3, 0.4) is 0 Å². The molecular formula is C14H16BrN3O. The number of carbonyl (C=O) groups excluding carboxylic acids is 1. The van der Waals surface area contributed by atoms with Gasteiger partial charge in [-0.1, -0.05) is 28.1 Å². The molecule has 4 nitrogen and oxygen atoms in total. The van der Waals surface area contributed by atoms with E-state index in [1.807, 2.05) is 31.3 Å². The SMILES string of the molecule is CN(Cc1ccc(Br)cc1)C(=O)c1cc(N)cn1C. The van der Waals surface area contributed by atoms with Crippen molar-refractivity contribution in [3.05, 3.63) is 52.3 Å². The largest absolute Gasteiger partial charge is 0.397 e. The molecular weight excluding hydrogens is 306 g/mol. The standard InChI is InChI=1S/C14H16BrN3O/c1-17-9-12(16)7-13(17)14(19)18(2)8-10-3-5-11(15)6-4-10/h3-7,9H,8,16H2,1-2H3. The maximum Gasteiger partial charge on any atom is 0.270 e. The van der Waals surface area contributed by atoms with Gasteiger partial charge in [0.2, 0.25) is 0 Å². The summed E-state index contributed by atoms with van der Waals surface area (Å²) in [5.41, 5.74) is 7.97. The maximum atomic E-state index is 12.3. The van der Waals surface area contributed by atoms with Gasteiger partial charge in [-0.2, -0.15) is 0 Å². The molecule has 1 amide bonds. The Labute approximate surface area is 120 Å². The molecule has 1 heterocycles. The Balaban J connectivity index is 2.11. The Morgan fingerprint density at radius 2 is 2.00 bits per heavy atom. The van der Waals surface area contributed by atoms with Crippen LogP contribution < -0.4 is 5.73 Å². The first kappa shape index (κ1) is 13.7. The minimum atomic E-state index is -0.0397. The molecule has 1 aromatic heterocycles. The molecule has 19 heavy (non-hydrogen) atoms. The van der Waals surface area contributed by atoms with E-state index in [1.165, 1.54) is 0 Å². The summed E-state index contributed by atoms with van der Waals surface area (Å²) in [5.74, 6) is -0.0397. The van der Waals surface area contributed by atoms with Gasteiger partial charge in [0.15, 0.2) is 0 Å². The summed E-state index contributed by atoms with van der Waals surface area (Å²) in [6.45, 7) is 0.567. The van der Waals surface area contributed by atoms with E-state index in [2.05, 4.69) is 15.9 Å². The minimum Gasteiger partial charge on any atom is -0.397 e. The highest BCUT2D eigenvalue weighted by atomic mass is 79.9. The van der Waals surface area contributed by atoms with E-state index < -0.39 is 0 Å². The smallest absolute Gasteiger partial charge is 0.270 e. The second-order valence-corrected chi connectivity index (χ2v) is 5.47. The highest BCUT2D eigenvalue weighted by Crippen LogP contribution is 2.15. The summed E-state index contributed by atoms with van der Waals surface area (Å²) in [6.07, 6.45) is 1.74. The molecule has 0 bridgehead atoms. The lowest BCUT2D eigenvalue weighted by Crippen LogP contribution is -2.27. The van der Waals surface area contributed by atoms with Crippen LogP contribution in [0.5, 0.6) is 0 Å². The molecule has 0 radical (unpaired) electrons. The number of aromatic nitrogens is 1. The van der Waals surface area contributed by atoms with Crippen molar-refractivity contribution in [2.75, 3.05) is 12.8 Å². The molecule has 0 unspecified atom stereocenters. The Morgan fingerprint density at radius 1 is 1.37 bits per heavy atom. The van der Waals surface area contributed by atoms with Crippen molar-refractivity contribution < 1.29 is 4.79 Å². The monoisotopic (exact) mass is 321 g/mol. The third-order valence-corrected chi connectivity index (χ3v) is 3.45. The summed E-state index contributed by atoms with van der Waals surface area (Å²) < 4.78 is 2.77. The van der Waals surface area contributed by atoms with Gasteiger partial charge in [-0.15, -0.1) is 0 Å². The Kier molecular flexibility index (Phi) is 3.95. The molecule has 2 aromatic rings. The van der Waals surface area contributed by atoms with Crippen LogP contribution in [0.1, 0.15) is 16.1 Å². The van der Waals surface area contributed by atoms with Gasteiger partial charge in [-0.3, -0.25) is 4.79 Å². The van der Waals surface area contributed by atoms with Crippen molar-refractivity contribution >= 4 is 27.5 Å². The summed E-state index contributed by atoms with van der Waals surface area (Å²) in [7, 11) is 3.60. The number of benzene rings is 1. The summed E-state index contributed by atoms with van der Waals surface area (Å²) in [6, 6.07) is 9.61. The van der Waals surface area contributed by atoms with Crippen molar-refractivity contribution in [2.24, 2.45) is 7.05 Å². The van der Waals surface area contributed by atoms with Crippen molar-refractivity contribution in [3.8, 4) is 0 Å². The molecule has 0 aliphatic heterocycles. The Hall–Kier alpha value is -1.75. The van der Waals surface area contributed by atoms with Crippen LogP contribution in [0.15, 0.2) is 41.0 Å². The molecule has 0 atom stereocenters. The van der Waals surface area contributed by atoms with Gasteiger partial charge in [0, 0.05) is 31.3 Å². The highest BCUT2D eigenvalue weighted by molar-refractivity contribution is 9.10. The predicted octanol–water partition coefficient (Wildman–Crippen LogP) is 2.64. The van der Waals surface area contributed by atoms with Crippen LogP contribution >= 0.6 is 15.9 Å². The highest BCUT2D eigenvalue weighted by Gasteiger charge is 2.15. The quantitative estimate of drug-likeness (QED) is 0.944. The fourth-order valence-corrected chi connectivity index (χ4v) is 2.20. The molecule has 0 saturated carbocycles. The van der Waals surface area contributed by atoms with Gasteiger partial charge < -0.3 is 15.2 Å². The van der Waals surface area contributed by atoms with E-state index in [4.69, 9.17) is 5.73 Å². The van der Waals surface area contributed by atoms with Gasteiger partial charge in [-0.25, -0.2) is 0 Å². The number of halogens is 1. The minimum absolute atomic E-state index is 0.0397. The number of anilines is 1. The first-order valence-corrected chi connectivity index (χ1v) is 6.68. The number of nitrogen functional groups attached to an aromatic ring is 1. The molecule has 0 saturated heterocycles. The van der Waals surface area contributed by atoms with Gasteiger partial charge in [-0.05, 0) is 23.8 Å². The molecule has 0 aliphatic rings. The number of hydrogen-bond acceptors (Lipinski definition) is 2. The van der Waals surface area contributed by atoms with E-state index in [0.29, 0.717) is 17.9 Å². The lowest BCUT2D eigenvalue weighted by atomic mass is 10.2. The van der Waals surface area contributed by atoms with E-state index in [0.717, 1.165) is 10.0 Å². The van der Waals surface area contributed by atoms with Gasteiger partial charge in [0.1, 0.15) is 5.69 Å². The molecule has 2 N–H and O–H groups in total. The number of carbonyl (C=O) groups is 1. The molecule has 5 heteroatoms. The van der Waals surface area contributed by atoms with Crippen LogP contribution in [0.25, 0.3) is 0 Å². The normalized spacial score (nSPS) is 10.5. The summed E-state index contributed by atoms with van der Waals surface area (Å²) >= 11 is 3.39.